The van der Waals surface area contributed by atoms with Gasteiger partial charge in [-0.1, -0.05) is 30.6 Å². The molecule has 1 aliphatic rings. The Bertz CT molecular complexity index is 695. The van der Waals surface area contributed by atoms with Gasteiger partial charge in [0, 0.05) is 13.0 Å². The van der Waals surface area contributed by atoms with E-state index in [0.29, 0.717) is 18.3 Å². The molecule has 0 radical (unpaired) electrons. The summed E-state index contributed by atoms with van der Waals surface area (Å²) < 4.78 is 10.4. The summed E-state index contributed by atoms with van der Waals surface area (Å²) in [4.78, 5) is 22.4. The number of carbonyl (C=O) groups is 1. The van der Waals surface area contributed by atoms with Gasteiger partial charge in [0.25, 0.3) is 0 Å². The second kappa shape index (κ2) is 7.08. The van der Waals surface area contributed by atoms with Crippen LogP contribution in [-0.4, -0.2) is 44.7 Å². The van der Waals surface area contributed by atoms with E-state index >= 15 is 0 Å². The van der Waals surface area contributed by atoms with Gasteiger partial charge in [-0.05, 0) is 19.4 Å². The van der Waals surface area contributed by atoms with Crippen molar-refractivity contribution in [2.24, 2.45) is 0 Å². The lowest BCUT2D eigenvalue weighted by molar-refractivity contribution is 0.0919. The maximum absolute atomic E-state index is 11.5. The highest BCUT2D eigenvalue weighted by Gasteiger charge is 2.30. The zero-order valence-corrected chi connectivity index (χ0v) is 14.2. The number of aromatic nitrogens is 4. The van der Waals surface area contributed by atoms with Crippen LogP contribution in [0.25, 0.3) is 0 Å². The van der Waals surface area contributed by atoms with Gasteiger partial charge < -0.3 is 14.4 Å². The molecule has 1 atom stereocenters. The summed E-state index contributed by atoms with van der Waals surface area (Å²) in [6.45, 7) is 5.43. The predicted molar refractivity (Wildman–Crippen MR) is 83.1 cm³/mol. The number of rotatable bonds is 5. The third-order valence-electron chi connectivity index (χ3n) is 4.11. The number of carbonyl (C=O) groups excluding carboxylic acids is 1. The largest absolute Gasteiger partial charge is 0.351 e. The molecule has 1 N–H and O–H groups in total. The third kappa shape index (κ3) is 3.45. The van der Waals surface area contributed by atoms with E-state index in [9.17, 15) is 4.79 Å². The van der Waals surface area contributed by atoms with Gasteiger partial charge in [-0.15, -0.1) is 0 Å². The van der Waals surface area contributed by atoms with Crippen molar-refractivity contribution in [1.29, 1.82) is 0 Å². The SMILES string of the molecule is CNC(=O)c1nc(CN2CCCC[C@H]2c2nc(C(C)C)no2)no1. The van der Waals surface area contributed by atoms with Gasteiger partial charge in [-0.25, -0.2) is 0 Å². The van der Waals surface area contributed by atoms with Crippen LogP contribution >= 0.6 is 0 Å². The molecule has 130 valence electrons. The molecule has 0 unspecified atom stereocenters. The minimum atomic E-state index is -0.387. The Kier molecular flexibility index (Phi) is 4.89. The molecule has 9 heteroatoms. The monoisotopic (exact) mass is 334 g/mol. The fourth-order valence-electron chi connectivity index (χ4n) is 2.78. The summed E-state index contributed by atoms with van der Waals surface area (Å²) in [6, 6.07) is 0.0423. The average Bonchev–Trinajstić information content (AvgIpc) is 3.24. The summed E-state index contributed by atoms with van der Waals surface area (Å²) in [6.07, 6.45) is 3.14. The predicted octanol–water partition coefficient (Wildman–Crippen LogP) is 1.66. The molecule has 24 heavy (non-hydrogen) atoms. The zero-order chi connectivity index (χ0) is 17.1. The quantitative estimate of drug-likeness (QED) is 0.879. The Hall–Kier alpha value is -2.29. The number of piperidine rings is 1. The standard InChI is InChI=1S/C15H22N6O3/c1-9(2)12-18-14(23-20-12)10-6-4-5-7-21(10)8-11-17-15(24-19-11)13(22)16-3/h9-10H,4-8H2,1-3H3,(H,16,22)/t10-/m0/s1. The molecule has 0 bridgehead atoms. The van der Waals surface area contributed by atoms with Gasteiger partial charge in [-0.3, -0.25) is 9.69 Å². The summed E-state index contributed by atoms with van der Waals surface area (Å²) in [5, 5.41) is 10.4. The first kappa shape index (κ1) is 16.6. The number of likely N-dealkylation sites (tertiary alicyclic amines) is 1. The maximum atomic E-state index is 11.5. The fraction of sp³-hybridized carbons (Fsp3) is 0.667. The lowest BCUT2D eigenvalue weighted by Crippen LogP contribution is -2.33. The number of nitrogens with zero attached hydrogens (tertiary/aromatic N) is 5. The minimum Gasteiger partial charge on any atom is -0.351 e. The van der Waals surface area contributed by atoms with Crippen LogP contribution in [0.4, 0.5) is 0 Å². The molecule has 0 aromatic carbocycles. The lowest BCUT2D eigenvalue weighted by Gasteiger charge is -2.32. The van der Waals surface area contributed by atoms with Gasteiger partial charge in [0.1, 0.15) is 0 Å². The van der Waals surface area contributed by atoms with Crippen LogP contribution in [0.15, 0.2) is 9.05 Å². The molecule has 3 heterocycles. The van der Waals surface area contributed by atoms with Gasteiger partial charge in [0.05, 0.1) is 12.6 Å². The molecule has 3 rings (SSSR count). The van der Waals surface area contributed by atoms with Gasteiger partial charge in [0.2, 0.25) is 5.89 Å². The second-order valence-electron chi connectivity index (χ2n) is 6.22. The zero-order valence-electron chi connectivity index (χ0n) is 14.2. The molecule has 0 spiro atoms. The molecule has 1 saturated heterocycles. The van der Waals surface area contributed by atoms with E-state index < -0.39 is 0 Å². The Labute approximate surface area is 139 Å². The van der Waals surface area contributed by atoms with Crippen molar-refractivity contribution in [3.8, 4) is 0 Å². The van der Waals surface area contributed by atoms with E-state index in [2.05, 4.69) is 30.5 Å². The number of hydrogen-bond acceptors (Lipinski definition) is 8. The summed E-state index contributed by atoms with van der Waals surface area (Å²) in [7, 11) is 1.52. The highest BCUT2D eigenvalue weighted by Crippen LogP contribution is 2.31. The summed E-state index contributed by atoms with van der Waals surface area (Å²) in [5.41, 5.74) is 0. The summed E-state index contributed by atoms with van der Waals surface area (Å²) >= 11 is 0. The first-order valence-electron chi connectivity index (χ1n) is 8.20. The van der Waals surface area contributed by atoms with E-state index in [0.717, 1.165) is 31.6 Å². The molecular weight excluding hydrogens is 312 g/mol. The molecular formula is C15H22N6O3. The van der Waals surface area contributed by atoms with Crippen molar-refractivity contribution in [3.05, 3.63) is 23.4 Å². The Balaban J connectivity index is 1.74. The molecule has 1 amide bonds. The van der Waals surface area contributed by atoms with Crippen LogP contribution in [0.3, 0.4) is 0 Å². The Morgan fingerprint density at radius 1 is 1.29 bits per heavy atom. The molecule has 2 aromatic rings. The van der Waals surface area contributed by atoms with Gasteiger partial charge in [0.15, 0.2) is 11.6 Å². The Morgan fingerprint density at radius 3 is 2.83 bits per heavy atom. The van der Waals surface area contributed by atoms with E-state index in [1.165, 1.54) is 7.05 Å². The van der Waals surface area contributed by atoms with Crippen LogP contribution in [0.2, 0.25) is 0 Å². The molecule has 0 saturated carbocycles. The van der Waals surface area contributed by atoms with E-state index in [-0.39, 0.29) is 23.8 Å². The van der Waals surface area contributed by atoms with Crippen molar-refractivity contribution in [1.82, 2.24) is 30.5 Å². The summed E-state index contributed by atoms with van der Waals surface area (Å²) in [5.74, 6) is 1.64. The van der Waals surface area contributed by atoms with Crippen molar-refractivity contribution in [3.63, 3.8) is 0 Å². The molecule has 2 aromatic heterocycles. The highest BCUT2D eigenvalue weighted by atomic mass is 16.5. The van der Waals surface area contributed by atoms with Crippen molar-refractivity contribution >= 4 is 5.91 Å². The third-order valence-corrected chi connectivity index (χ3v) is 4.11. The topological polar surface area (TPSA) is 110 Å². The van der Waals surface area contributed by atoms with Crippen molar-refractivity contribution in [2.45, 2.75) is 51.6 Å². The Morgan fingerprint density at radius 2 is 2.12 bits per heavy atom. The van der Waals surface area contributed by atoms with Crippen LogP contribution in [-0.2, 0) is 6.54 Å². The number of amides is 1. The van der Waals surface area contributed by atoms with E-state index in [4.69, 9.17) is 9.05 Å². The molecule has 9 nitrogen and oxygen atoms in total. The van der Waals surface area contributed by atoms with Crippen LogP contribution < -0.4 is 5.32 Å². The highest BCUT2D eigenvalue weighted by molar-refractivity contribution is 5.89. The second-order valence-corrected chi connectivity index (χ2v) is 6.22. The number of hydrogen-bond donors (Lipinski definition) is 1. The van der Waals surface area contributed by atoms with Crippen molar-refractivity contribution in [2.75, 3.05) is 13.6 Å². The molecule has 0 aliphatic carbocycles. The first-order chi connectivity index (χ1) is 11.6. The molecule has 1 aliphatic heterocycles. The smallest absolute Gasteiger partial charge is 0.315 e. The maximum Gasteiger partial charge on any atom is 0.315 e. The van der Waals surface area contributed by atoms with Gasteiger partial charge >= 0.3 is 11.8 Å². The number of nitrogens with one attached hydrogen (secondary N) is 1. The van der Waals surface area contributed by atoms with Crippen LogP contribution in [0, 0.1) is 0 Å². The minimum absolute atomic E-state index is 0.0269. The van der Waals surface area contributed by atoms with E-state index in [1.54, 1.807) is 0 Å². The normalized spacial score (nSPS) is 18.9. The van der Waals surface area contributed by atoms with Crippen LogP contribution in [0.5, 0.6) is 0 Å². The first-order valence-corrected chi connectivity index (χ1v) is 8.20. The molecule has 1 fully saturated rings. The van der Waals surface area contributed by atoms with E-state index in [1.807, 2.05) is 13.8 Å². The van der Waals surface area contributed by atoms with Gasteiger partial charge in [-0.2, -0.15) is 9.97 Å². The van der Waals surface area contributed by atoms with Crippen molar-refractivity contribution < 1.29 is 13.8 Å². The van der Waals surface area contributed by atoms with Crippen LogP contribution in [0.1, 0.15) is 73.3 Å². The lowest BCUT2D eigenvalue weighted by atomic mass is 10.0. The average molecular weight is 334 g/mol. The fourth-order valence-corrected chi connectivity index (χ4v) is 2.78.